The van der Waals surface area contributed by atoms with Crippen molar-refractivity contribution >= 4 is 44.3 Å². The summed E-state index contributed by atoms with van der Waals surface area (Å²) < 4.78 is 133. The van der Waals surface area contributed by atoms with Crippen molar-refractivity contribution in [3.63, 3.8) is 0 Å². The summed E-state index contributed by atoms with van der Waals surface area (Å²) in [6.45, 7) is -1.11. The van der Waals surface area contributed by atoms with Crippen molar-refractivity contribution in [2.45, 2.75) is 49.5 Å². The van der Waals surface area contributed by atoms with E-state index in [0.717, 1.165) is 18.4 Å². The minimum Gasteiger partial charge on any atom is -0.374 e. The van der Waals surface area contributed by atoms with E-state index in [2.05, 4.69) is 37.1 Å². The van der Waals surface area contributed by atoms with Crippen LogP contribution in [0.2, 0.25) is 5.02 Å². The SMILES string of the molecule is Cn1cnc([C@@H](O)C#Cc2ccc(-c3ccc(Cl)c4c(NS(C)(=O)=O)nn(C)c34)c([C@H](Cc3cc(F)cc(F)c3)NC(=O)Cn3nc(C(F)(F)F)c4c3C(F)(F)[C@@H]3C[C@H]43)n2)c1. The van der Waals surface area contributed by atoms with Gasteiger partial charge < -0.3 is 15.0 Å². The van der Waals surface area contributed by atoms with Gasteiger partial charge >= 0.3 is 6.18 Å². The molecule has 0 spiro atoms. The summed E-state index contributed by atoms with van der Waals surface area (Å²) in [6.07, 6.45) is -3.19. The van der Waals surface area contributed by atoms with Crippen LogP contribution in [0.3, 0.4) is 0 Å². The largest absolute Gasteiger partial charge is 0.435 e. The maximum atomic E-state index is 15.4. The number of fused-ring (bicyclic) bond motifs is 4. The van der Waals surface area contributed by atoms with E-state index < -0.39 is 93.6 Å². The van der Waals surface area contributed by atoms with Gasteiger partial charge in [0.15, 0.2) is 17.6 Å². The predicted octanol–water partition coefficient (Wildman–Crippen LogP) is 6.28. The molecule has 318 valence electrons. The molecule has 0 radical (unpaired) electrons. The quantitative estimate of drug-likeness (QED) is 0.107. The average molecular weight is 890 g/mol. The van der Waals surface area contributed by atoms with Crippen LogP contribution in [0.5, 0.6) is 0 Å². The molecule has 61 heavy (non-hydrogen) atoms. The Bertz CT molecular complexity index is 2930. The van der Waals surface area contributed by atoms with E-state index >= 15 is 8.78 Å². The zero-order chi connectivity index (χ0) is 43.9. The standard InChI is InChI=1S/C39H31ClF7N9O4S/c1-54-15-28(48-17-54)29(57)9-5-21-4-6-22(23-7-8-26(40)32-34(23)55(2)52-37(32)53-61(3,59)60)33(49-21)27(12-18-10-19(41)13-20(42)11-18)50-30(58)16-56-36-31(35(51-56)39(45,46)47)24-14-25(24)38(36,43)44/h4,6-8,10-11,13,15,17,24-25,27,29,57H,12,14,16H2,1-3H3,(H,50,58)(H,52,53)/t24-,25+,27-,29-/m0/s1. The smallest absolute Gasteiger partial charge is 0.374 e. The van der Waals surface area contributed by atoms with Gasteiger partial charge in [0.25, 0.3) is 5.92 Å². The number of alkyl halides is 5. The molecule has 4 aromatic heterocycles. The summed E-state index contributed by atoms with van der Waals surface area (Å²) in [4.78, 5) is 22.8. The minimum absolute atomic E-state index is 0.00775. The molecule has 4 heterocycles. The number of anilines is 1. The van der Waals surface area contributed by atoms with Crippen molar-refractivity contribution in [2.24, 2.45) is 20.0 Å². The number of nitrogens with one attached hydrogen (secondary N) is 2. The molecule has 0 aliphatic heterocycles. The Labute approximate surface area is 346 Å². The first-order valence-corrected chi connectivity index (χ1v) is 20.5. The van der Waals surface area contributed by atoms with Crippen LogP contribution in [0.25, 0.3) is 22.0 Å². The molecule has 8 rings (SSSR count). The number of aliphatic hydroxyl groups is 1. The fourth-order valence-corrected chi connectivity index (χ4v) is 8.56. The molecule has 2 aliphatic carbocycles. The number of imidazole rings is 1. The average Bonchev–Trinajstić information content (AvgIpc) is 3.37. The van der Waals surface area contributed by atoms with E-state index in [1.165, 1.54) is 48.5 Å². The number of carbonyl (C=O) groups is 1. The number of sulfonamides is 1. The van der Waals surface area contributed by atoms with Gasteiger partial charge in [-0.1, -0.05) is 23.6 Å². The van der Waals surface area contributed by atoms with Crippen LogP contribution in [-0.2, 0) is 54.0 Å². The lowest BCUT2D eigenvalue weighted by Crippen LogP contribution is -2.35. The number of carbonyl (C=O) groups excluding carboxylic acids is 1. The predicted molar refractivity (Wildman–Crippen MR) is 205 cm³/mol. The summed E-state index contributed by atoms with van der Waals surface area (Å²) in [5, 5.41) is 21.3. The highest BCUT2D eigenvalue weighted by molar-refractivity contribution is 7.92. The van der Waals surface area contributed by atoms with Gasteiger partial charge in [-0.05, 0) is 60.6 Å². The molecule has 22 heteroatoms. The molecule has 1 fully saturated rings. The molecule has 1 amide bonds. The molecular formula is C39H31ClF7N9O4S. The van der Waals surface area contributed by atoms with Crippen molar-refractivity contribution < 1.29 is 49.1 Å². The van der Waals surface area contributed by atoms with Gasteiger partial charge in [-0.25, -0.2) is 27.2 Å². The highest BCUT2D eigenvalue weighted by Gasteiger charge is 2.68. The van der Waals surface area contributed by atoms with Crippen LogP contribution < -0.4 is 10.0 Å². The van der Waals surface area contributed by atoms with Gasteiger partial charge in [-0.3, -0.25) is 18.9 Å². The first kappa shape index (κ1) is 41.7. The van der Waals surface area contributed by atoms with Crippen LogP contribution >= 0.6 is 11.6 Å². The zero-order valence-electron chi connectivity index (χ0n) is 31.9. The third-order valence-electron chi connectivity index (χ3n) is 10.3. The summed E-state index contributed by atoms with van der Waals surface area (Å²) in [6, 6.07) is 7.05. The summed E-state index contributed by atoms with van der Waals surface area (Å²) >= 11 is 6.59. The van der Waals surface area contributed by atoms with E-state index in [4.69, 9.17) is 16.6 Å². The molecule has 1 saturated carbocycles. The number of hydrogen-bond acceptors (Lipinski definition) is 8. The maximum absolute atomic E-state index is 15.4. The Morgan fingerprint density at radius 3 is 2.44 bits per heavy atom. The Kier molecular flexibility index (Phi) is 10.2. The third-order valence-corrected chi connectivity index (χ3v) is 11.2. The third kappa shape index (κ3) is 8.02. The second-order valence-corrected chi connectivity index (χ2v) is 17.0. The Morgan fingerprint density at radius 1 is 1.08 bits per heavy atom. The van der Waals surface area contributed by atoms with Crippen LogP contribution in [0, 0.1) is 29.4 Å². The maximum Gasteiger partial charge on any atom is 0.435 e. The second kappa shape index (κ2) is 14.9. The van der Waals surface area contributed by atoms with Gasteiger partial charge in [-0.15, -0.1) is 0 Å². The topological polar surface area (TPSA) is 162 Å². The van der Waals surface area contributed by atoms with Crippen molar-refractivity contribution in [2.75, 3.05) is 11.0 Å². The number of amides is 1. The van der Waals surface area contributed by atoms with Crippen molar-refractivity contribution in [1.29, 1.82) is 0 Å². The number of rotatable bonds is 10. The van der Waals surface area contributed by atoms with Crippen molar-refractivity contribution in [1.82, 2.24) is 39.4 Å². The van der Waals surface area contributed by atoms with E-state index in [0.29, 0.717) is 10.7 Å². The fourth-order valence-electron chi connectivity index (χ4n) is 7.82. The van der Waals surface area contributed by atoms with Gasteiger partial charge in [0.2, 0.25) is 15.9 Å². The highest BCUT2D eigenvalue weighted by atomic mass is 35.5. The summed E-state index contributed by atoms with van der Waals surface area (Å²) in [7, 11) is -0.697. The molecular weight excluding hydrogens is 859 g/mol. The molecule has 0 unspecified atom stereocenters. The number of aliphatic hydroxyl groups excluding tert-OH is 1. The van der Waals surface area contributed by atoms with E-state index in [1.54, 1.807) is 11.6 Å². The number of nitrogens with zero attached hydrogens (tertiary/aromatic N) is 7. The number of halogens is 8. The number of hydrogen-bond donors (Lipinski definition) is 3. The number of benzene rings is 2. The summed E-state index contributed by atoms with van der Waals surface area (Å²) in [5.74, 6) is -3.99. The van der Waals surface area contributed by atoms with Crippen LogP contribution in [0.1, 0.15) is 64.1 Å². The normalized spacial score (nSPS) is 17.6. The second-order valence-electron chi connectivity index (χ2n) is 14.9. The van der Waals surface area contributed by atoms with E-state index in [9.17, 15) is 40.3 Å². The molecule has 0 bridgehead atoms. The first-order chi connectivity index (χ1) is 28.6. The lowest BCUT2D eigenvalue weighted by Gasteiger charge is -2.23. The fraction of sp³-hybridized carbons (Fsp3) is 0.308. The molecule has 0 saturated heterocycles. The van der Waals surface area contributed by atoms with Gasteiger partial charge in [-0.2, -0.15) is 32.1 Å². The minimum atomic E-state index is -5.10. The van der Waals surface area contributed by atoms with E-state index in [1.807, 2.05) is 0 Å². The Hall–Kier alpha value is -5.98. The van der Waals surface area contributed by atoms with Crippen LogP contribution in [0.15, 0.2) is 55.0 Å². The number of aryl methyl sites for hydroxylation is 2. The zero-order valence-corrected chi connectivity index (χ0v) is 33.4. The summed E-state index contributed by atoms with van der Waals surface area (Å²) in [5.41, 5.74) is -2.33. The molecule has 3 N–H and O–H groups in total. The Balaban J connectivity index is 1.28. The number of aromatic nitrogens is 7. The van der Waals surface area contributed by atoms with Crippen LogP contribution in [0.4, 0.5) is 36.6 Å². The monoisotopic (exact) mass is 889 g/mol. The van der Waals surface area contributed by atoms with Gasteiger partial charge in [0.1, 0.15) is 29.6 Å². The van der Waals surface area contributed by atoms with Crippen molar-refractivity contribution in [3.05, 3.63) is 111 Å². The lowest BCUT2D eigenvalue weighted by atomic mass is 9.93. The Morgan fingerprint density at radius 2 is 1.79 bits per heavy atom. The molecule has 13 nitrogen and oxygen atoms in total. The lowest BCUT2D eigenvalue weighted by molar-refractivity contribution is -0.142. The van der Waals surface area contributed by atoms with Crippen molar-refractivity contribution in [3.8, 4) is 23.0 Å². The highest BCUT2D eigenvalue weighted by Crippen LogP contribution is 2.68. The van der Waals surface area contributed by atoms with Gasteiger partial charge in [0.05, 0.1) is 45.9 Å². The van der Waals surface area contributed by atoms with E-state index in [-0.39, 0.29) is 61.9 Å². The first-order valence-electron chi connectivity index (χ1n) is 18.2. The molecule has 2 aliphatic rings. The molecule has 6 aromatic rings. The molecule has 2 aromatic carbocycles. The van der Waals surface area contributed by atoms with Gasteiger partial charge in [0, 0.05) is 49.0 Å². The molecule has 4 atom stereocenters. The number of pyridine rings is 1. The van der Waals surface area contributed by atoms with Crippen LogP contribution in [-0.4, -0.2) is 59.8 Å².